The van der Waals surface area contributed by atoms with E-state index in [0.29, 0.717) is 11.9 Å². The SMILES string of the molecule is CCCN(C(=O)[C@@H]1CCCN1)C(C)C. The molecule has 0 spiro atoms. The summed E-state index contributed by atoms with van der Waals surface area (Å²) in [5.41, 5.74) is 0. The quantitative estimate of drug-likeness (QED) is 0.740. The number of carbonyl (C=O) groups excluding carboxylic acids is 1. The zero-order valence-corrected chi connectivity index (χ0v) is 9.55. The van der Waals surface area contributed by atoms with E-state index in [1.54, 1.807) is 0 Å². The molecule has 1 atom stereocenters. The molecule has 1 N–H and O–H groups in total. The molecule has 0 radical (unpaired) electrons. The fourth-order valence-electron chi connectivity index (χ4n) is 1.96. The lowest BCUT2D eigenvalue weighted by Crippen LogP contribution is -2.47. The molecule has 0 bridgehead atoms. The zero-order valence-electron chi connectivity index (χ0n) is 9.55. The molecule has 1 aliphatic rings. The first kappa shape index (κ1) is 11.5. The normalized spacial score (nSPS) is 21.6. The topological polar surface area (TPSA) is 32.3 Å². The third kappa shape index (κ3) is 2.71. The van der Waals surface area contributed by atoms with Crippen LogP contribution in [-0.4, -0.2) is 36.0 Å². The Morgan fingerprint density at radius 1 is 1.57 bits per heavy atom. The van der Waals surface area contributed by atoms with Crippen LogP contribution in [0.15, 0.2) is 0 Å². The van der Waals surface area contributed by atoms with Gasteiger partial charge in [-0.2, -0.15) is 0 Å². The maximum Gasteiger partial charge on any atom is 0.239 e. The van der Waals surface area contributed by atoms with E-state index in [1.807, 2.05) is 4.90 Å². The molecular formula is C11H22N2O. The Labute approximate surface area is 86.9 Å². The highest BCUT2D eigenvalue weighted by atomic mass is 16.2. The fraction of sp³-hybridized carbons (Fsp3) is 0.909. The smallest absolute Gasteiger partial charge is 0.239 e. The van der Waals surface area contributed by atoms with Crippen molar-refractivity contribution in [1.82, 2.24) is 10.2 Å². The summed E-state index contributed by atoms with van der Waals surface area (Å²) in [7, 11) is 0. The van der Waals surface area contributed by atoms with E-state index in [2.05, 4.69) is 26.1 Å². The Morgan fingerprint density at radius 2 is 2.29 bits per heavy atom. The lowest BCUT2D eigenvalue weighted by atomic mass is 10.1. The molecule has 0 aromatic carbocycles. The number of amides is 1. The van der Waals surface area contributed by atoms with Gasteiger partial charge in [-0.15, -0.1) is 0 Å². The van der Waals surface area contributed by atoms with E-state index in [9.17, 15) is 4.79 Å². The largest absolute Gasteiger partial charge is 0.339 e. The average Bonchev–Trinajstić information content (AvgIpc) is 2.65. The van der Waals surface area contributed by atoms with Gasteiger partial charge >= 0.3 is 0 Å². The predicted octanol–water partition coefficient (Wildman–Crippen LogP) is 1.39. The molecule has 1 rings (SSSR count). The average molecular weight is 198 g/mol. The second-order valence-electron chi connectivity index (χ2n) is 4.27. The maximum absolute atomic E-state index is 12.0. The van der Waals surface area contributed by atoms with Gasteiger partial charge in [0, 0.05) is 12.6 Å². The van der Waals surface area contributed by atoms with Crippen molar-refractivity contribution in [1.29, 1.82) is 0 Å². The minimum Gasteiger partial charge on any atom is -0.339 e. The summed E-state index contributed by atoms with van der Waals surface area (Å²) in [4.78, 5) is 14.0. The summed E-state index contributed by atoms with van der Waals surface area (Å²) in [5, 5.41) is 3.26. The zero-order chi connectivity index (χ0) is 10.6. The molecule has 1 amide bonds. The Kier molecular flexibility index (Phi) is 4.39. The van der Waals surface area contributed by atoms with Gasteiger partial charge in [-0.3, -0.25) is 4.79 Å². The molecule has 3 heteroatoms. The monoisotopic (exact) mass is 198 g/mol. The van der Waals surface area contributed by atoms with E-state index in [-0.39, 0.29) is 6.04 Å². The molecule has 0 aromatic heterocycles. The van der Waals surface area contributed by atoms with Gasteiger partial charge in [-0.05, 0) is 39.7 Å². The molecule has 0 saturated carbocycles. The number of carbonyl (C=O) groups is 1. The van der Waals surface area contributed by atoms with Crippen molar-refractivity contribution >= 4 is 5.91 Å². The van der Waals surface area contributed by atoms with Gasteiger partial charge in [0.25, 0.3) is 0 Å². The van der Waals surface area contributed by atoms with Crippen molar-refractivity contribution < 1.29 is 4.79 Å². The van der Waals surface area contributed by atoms with Gasteiger partial charge in [0.1, 0.15) is 0 Å². The second-order valence-corrected chi connectivity index (χ2v) is 4.27. The van der Waals surface area contributed by atoms with E-state index in [4.69, 9.17) is 0 Å². The van der Waals surface area contributed by atoms with Crippen LogP contribution in [0, 0.1) is 0 Å². The second kappa shape index (κ2) is 5.35. The standard InChI is InChI=1S/C11H22N2O/c1-4-8-13(9(2)3)11(14)10-6-5-7-12-10/h9-10,12H,4-8H2,1-3H3/t10-/m0/s1. The molecule has 1 saturated heterocycles. The van der Waals surface area contributed by atoms with E-state index in [1.165, 1.54) is 0 Å². The van der Waals surface area contributed by atoms with Crippen LogP contribution in [0.1, 0.15) is 40.0 Å². The lowest BCUT2D eigenvalue weighted by Gasteiger charge is -2.29. The molecule has 1 heterocycles. The van der Waals surface area contributed by atoms with Crippen molar-refractivity contribution in [3.05, 3.63) is 0 Å². The van der Waals surface area contributed by atoms with Gasteiger partial charge in [0.05, 0.1) is 6.04 Å². The highest BCUT2D eigenvalue weighted by molar-refractivity contribution is 5.82. The van der Waals surface area contributed by atoms with Crippen LogP contribution in [0.5, 0.6) is 0 Å². The summed E-state index contributed by atoms with van der Waals surface area (Å²) in [6, 6.07) is 0.411. The van der Waals surface area contributed by atoms with Crippen molar-refractivity contribution in [2.75, 3.05) is 13.1 Å². The molecule has 0 aliphatic carbocycles. The van der Waals surface area contributed by atoms with Gasteiger partial charge < -0.3 is 10.2 Å². The van der Waals surface area contributed by atoms with Crippen molar-refractivity contribution in [3.8, 4) is 0 Å². The molecule has 0 unspecified atom stereocenters. The summed E-state index contributed by atoms with van der Waals surface area (Å²) < 4.78 is 0. The van der Waals surface area contributed by atoms with Gasteiger partial charge in [0.2, 0.25) is 5.91 Å². The first-order valence-electron chi connectivity index (χ1n) is 5.70. The molecule has 82 valence electrons. The van der Waals surface area contributed by atoms with E-state index >= 15 is 0 Å². The fourth-order valence-corrected chi connectivity index (χ4v) is 1.96. The van der Waals surface area contributed by atoms with Crippen LogP contribution in [0.25, 0.3) is 0 Å². The Hall–Kier alpha value is -0.570. The maximum atomic E-state index is 12.0. The molecule has 14 heavy (non-hydrogen) atoms. The third-order valence-corrected chi connectivity index (χ3v) is 2.73. The van der Waals surface area contributed by atoms with Gasteiger partial charge in [-0.25, -0.2) is 0 Å². The molecule has 0 aromatic rings. The number of nitrogens with one attached hydrogen (secondary N) is 1. The third-order valence-electron chi connectivity index (χ3n) is 2.73. The molecule has 1 fully saturated rings. The van der Waals surface area contributed by atoms with Crippen LogP contribution in [0.4, 0.5) is 0 Å². The minimum absolute atomic E-state index is 0.0870. The van der Waals surface area contributed by atoms with Crippen molar-refractivity contribution in [2.24, 2.45) is 0 Å². The van der Waals surface area contributed by atoms with Gasteiger partial charge in [-0.1, -0.05) is 6.92 Å². The first-order valence-corrected chi connectivity index (χ1v) is 5.70. The Morgan fingerprint density at radius 3 is 2.71 bits per heavy atom. The lowest BCUT2D eigenvalue weighted by molar-refractivity contribution is -0.134. The van der Waals surface area contributed by atoms with E-state index in [0.717, 1.165) is 32.4 Å². The highest BCUT2D eigenvalue weighted by Gasteiger charge is 2.27. The van der Waals surface area contributed by atoms with Crippen LogP contribution >= 0.6 is 0 Å². The highest BCUT2D eigenvalue weighted by Crippen LogP contribution is 2.11. The number of nitrogens with zero attached hydrogens (tertiary/aromatic N) is 1. The summed E-state index contributed by atoms with van der Waals surface area (Å²) in [6.45, 7) is 8.17. The molecule has 1 aliphatic heterocycles. The Balaban J connectivity index is 2.53. The van der Waals surface area contributed by atoms with Crippen LogP contribution in [0.2, 0.25) is 0 Å². The summed E-state index contributed by atoms with van der Waals surface area (Å²) in [6.07, 6.45) is 3.18. The van der Waals surface area contributed by atoms with Gasteiger partial charge in [0.15, 0.2) is 0 Å². The number of hydrogen-bond acceptors (Lipinski definition) is 2. The first-order chi connectivity index (χ1) is 6.66. The number of rotatable bonds is 4. The van der Waals surface area contributed by atoms with Crippen LogP contribution in [0.3, 0.4) is 0 Å². The van der Waals surface area contributed by atoms with Crippen LogP contribution in [-0.2, 0) is 4.79 Å². The van der Waals surface area contributed by atoms with E-state index < -0.39 is 0 Å². The molecule has 3 nitrogen and oxygen atoms in total. The predicted molar refractivity (Wildman–Crippen MR) is 58.2 cm³/mol. The summed E-state index contributed by atoms with van der Waals surface area (Å²) >= 11 is 0. The molecular weight excluding hydrogens is 176 g/mol. The van der Waals surface area contributed by atoms with Crippen molar-refractivity contribution in [2.45, 2.75) is 52.1 Å². The Bertz CT molecular complexity index is 186. The van der Waals surface area contributed by atoms with Crippen LogP contribution < -0.4 is 5.32 Å². The number of hydrogen-bond donors (Lipinski definition) is 1. The summed E-state index contributed by atoms with van der Waals surface area (Å²) in [5.74, 6) is 0.291. The minimum atomic E-state index is 0.0870. The van der Waals surface area contributed by atoms with Crippen molar-refractivity contribution in [3.63, 3.8) is 0 Å².